The zero-order chi connectivity index (χ0) is 23.9. The van der Waals surface area contributed by atoms with Gasteiger partial charge in [-0.1, -0.05) is 30.3 Å². The molecule has 1 aliphatic heterocycles. The number of nitrogens with one attached hydrogen (secondary N) is 1. The normalized spacial score (nSPS) is 16.3. The summed E-state index contributed by atoms with van der Waals surface area (Å²) in [6.07, 6.45) is 0.328. The Bertz CT molecular complexity index is 1310. The Morgan fingerprint density at radius 1 is 0.939 bits per heavy atom. The van der Waals surface area contributed by atoms with E-state index in [1.807, 2.05) is 82.3 Å². The smallest absolute Gasteiger partial charge is 0.244 e. The average Bonchev–Trinajstić information content (AvgIpc) is 2.78. The van der Waals surface area contributed by atoms with Crippen LogP contribution in [0.2, 0.25) is 0 Å². The maximum Gasteiger partial charge on any atom is 0.244 e. The quantitative estimate of drug-likeness (QED) is 0.432. The summed E-state index contributed by atoms with van der Waals surface area (Å²) in [6, 6.07) is 16.4. The SMILES string of the molecule is Cc1cc(C)c(C)c(S(=O)(=O)N2Cc3ccccc3C[C@H]2C(=O)Nc2ccc(I)cc2)c1C. The first-order valence-corrected chi connectivity index (χ1v) is 13.3. The molecule has 0 radical (unpaired) electrons. The van der Waals surface area contributed by atoms with Crippen LogP contribution in [0.1, 0.15) is 33.4 Å². The Morgan fingerprint density at radius 3 is 2.12 bits per heavy atom. The second-order valence-electron chi connectivity index (χ2n) is 8.62. The van der Waals surface area contributed by atoms with E-state index >= 15 is 0 Å². The largest absolute Gasteiger partial charge is 0.325 e. The number of fused-ring (bicyclic) bond motifs is 1. The molecule has 7 heteroatoms. The van der Waals surface area contributed by atoms with Crippen molar-refractivity contribution >= 4 is 44.2 Å². The van der Waals surface area contributed by atoms with Crippen molar-refractivity contribution in [3.05, 3.63) is 91.5 Å². The van der Waals surface area contributed by atoms with Gasteiger partial charge in [0.25, 0.3) is 0 Å². The lowest BCUT2D eigenvalue weighted by molar-refractivity contribution is -0.120. The van der Waals surface area contributed by atoms with Gasteiger partial charge < -0.3 is 5.32 Å². The van der Waals surface area contributed by atoms with Crippen molar-refractivity contribution in [3.63, 3.8) is 0 Å². The second-order valence-corrected chi connectivity index (χ2v) is 11.7. The zero-order valence-electron chi connectivity index (χ0n) is 19.1. The highest BCUT2D eigenvalue weighted by Crippen LogP contribution is 2.34. The number of sulfonamides is 1. The Morgan fingerprint density at radius 2 is 1.52 bits per heavy atom. The van der Waals surface area contributed by atoms with E-state index in [2.05, 4.69) is 27.9 Å². The van der Waals surface area contributed by atoms with Crippen LogP contribution in [0.4, 0.5) is 5.69 Å². The summed E-state index contributed by atoms with van der Waals surface area (Å²) in [6.45, 7) is 7.69. The lowest BCUT2D eigenvalue weighted by Gasteiger charge is -2.36. The fourth-order valence-corrected chi connectivity index (χ4v) is 6.92. The van der Waals surface area contributed by atoms with E-state index < -0.39 is 16.1 Å². The molecule has 3 aromatic rings. The lowest BCUT2D eigenvalue weighted by atomic mass is 9.95. The second kappa shape index (κ2) is 9.19. The first kappa shape index (κ1) is 23.9. The van der Waals surface area contributed by atoms with Crippen LogP contribution in [-0.2, 0) is 27.8 Å². The molecule has 1 N–H and O–H groups in total. The third-order valence-corrected chi connectivity index (χ3v) is 9.33. The molecule has 0 saturated carbocycles. The number of aryl methyl sites for hydroxylation is 2. The fourth-order valence-electron chi connectivity index (χ4n) is 4.42. The molecule has 33 heavy (non-hydrogen) atoms. The highest BCUT2D eigenvalue weighted by molar-refractivity contribution is 14.1. The number of nitrogens with zero attached hydrogens (tertiary/aromatic N) is 1. The van der Waals surface area contributed by atoms with Crippen LogP contribution >= 0.6 is 22.6 Å². The highest BCUT2D eigenvalue weighted by atomic mass is 127. The van der Waals surface area contributed by atoms with Gasteiger partial charge in [0.15, 0.2) is 0 Å². The Hall–Kier alpha value is -2.23. The Balaban J connectivity index is 1.80. The molecule has 1 amide bonds. The van der Waals surface area contributed by atoms with E-state index in [0.717, 1.165) is 37.0 Å². The fraction of sp³-hybridized carbons (Fsp3) is 0.269. The van der Waals surface area contributed by atoms with Gasteiger partial charge in [0.2, 0.25) is 15.9 Å². The summed E-state index contributed by atoms with van der Waals surface area (Å²) in [5.74, 6) is -0.325. The number of amides is 1. The van der Waals surface area contributed by atoms with Crippen molar-refractivity contribution in [1.29, 1.82) is 0 Å². The molecule has 3 aromatic carbocycles. The summed E-state index contributed by atoms with van der Waals surface area (Å²) >= 11 is 2.20. The summed E-state index contributed by atoms with van der Waals surface area (Å²) in [5, 5.41) is 2.93. The molecule has 0 fully saturated rings. The molecule has 0 unspecified atom stereocenters. The van der Waals surface area contributed by atoms with Crippen LogP contribution in [0.15, 0.2) is 59.5 Å². The van der Waals surface area contributed by atoms with Crippen molar-refractivity contribution < 1.29 is 13.2 Å². The lowest BCUT2D eigenvalue weighted by Crippen LogP contribution is -2.50. The Labute approximate surface area is 209 Å². The van der Waals surface area contributed by atoms with Gasteiger partial charge in [-0.05, 0) is 114 Å². The van der Waals surface area contributed by atoms with Gasteiger partial charge in [-0.15, -0.1) is 0 Å². The molecule has 0 aliphatic carbocycles. The summed E-state index contributed by atoms with van der Waals surface area (Å²) in [7, 11) is -3.93. The van der Waals surface area contributed by atoms with Gasteiger partial charge in [0, 0.05) is 15.8 Å². The maximum atomic E-state index is 14.1. The number of rotatable bonds is 4. The molecule has 1 atom stereocenters. The number of hydrogen-bond donors (Lipinski definition) is 1. The van der Waals surface area contributed by atoms with Crippen molar-refractivity contribution in [2.45, 2.75) is 51.6 Å². The van der Waals surface area contributed by atoms with E-state index in [0.29, 0.717) is 17.0 Å². The summed E-state index contributed by atoms with van der Waals surface area (Å²) < 4.78 is 30.6. The van der Waals surface area contributed by atoms with E-state index in [1.165, 1.54) is 4.31 Å². The average molecular weight is 574 g/mol. The van der Waals surface area contributed by atoms with Crippen molar-refractivity contribution in [2.24, 2.45) is 0 Å². The molecule has 5 nitrogen and oxygen atoms in total. The zero-order valence-corrected chi connectivity index (χ0v) is 22.1. The minimum Gasteiger partial charge on any atom is -0.325 e. The number of carbonyl (C=O) groups is 1. The third kappa shape index (κ3) is 4.58. The maximum absolute atomic E-state index is 14.1. The number of halogens is 1. The van der Waals surface area contributed by atoms with Crippen LogP contribution in [0.25, 0.3) is 0 Å². The molecule has 1 aliphatic rings. The van der Waals surface area contributed by atoms with Crippen molar-refractivity contribution in [1.82, 2.24) is 4.31 Å². The van der Waals surface area contributed by atoms with E-state index in [9.17, 15) is 13.2 Å². The monoisotopic (exact) mass is 574 g/mol. The van der Waals surface area contributed by atoms with Crippen LogP contribution in [0.5, 0.6) is 0 Å². The van der Waals surface area contributed by atoms with E-state index in [1.54, 1.807) is 0 Å². The van der Waals surface area contributed by atoms with Crippen LogP contribution in [-0.4, -0.2) is 24.7 Å². The topological polar surface area (TPSA) is 66.5 Å². The molecule has 0 bridgehead atoms. The van der Waals surface area contributed by atoms with Gasteiger partial charge in [0.05, 0.1) is 4.90 Å². The number of hydrogen-bond acceptors (Lipinski definition) is 3. The Kier molecular flexibility index (Phi) is 6.66. The van der Waals surface area contributed by atoms with Gasteiger partial charge >= 0.3 is 0 Å². The van der Waals surface area contributed by atoms with Crippen LogP contribution in [0, 0.1) is 31.3 Å². The third-order valence-electron chi connectivity index (χ3n) is 6.48. The number of carbonyl (C=O) groups excluding carboxylic acids is 1. The predicted molar refractivity (Wildman–Crippen MR) is 140 cm³/mol. The summed E-state index contributed by atoms with van der Waals surface area (Å²) in [5.41, 5.74) is 5.89. The molecular formula is C26H27IN2O3S. The van der Waals surface area contributed by atoms with E-state index in [-0.39, 0.29) is 12.5 Å². The molecule has 0 aromatic heterocycles. The van der Waals surface area contributed by atoms with Crippen molar-refractivity contribution in [3.8, 4) is 0 Å². The minimum absolute atomic E-state index is 0.162. The van der Waals surface area contributed by atoms with Gasteiger partial charge in [-0.2, -0.15) is 4.31 Å². The molecule has 0 saturated heterocycles. The van der Waals surface area contributed by atoms with Crippen LogP contribution in [0.3, 0.4) is 0 Å². The highest BCUT2D eigenvalue weighted by Gasteiger charge is 2.41. The minimum atomic E-state index is -3.93. The van der Waals surface area contributed by atoms with Crippen LogP contribution < -0.4 is 5.32 Å². The first-order valence-electron chi connectivity index (χ1n) is 10.8. The van der Waals surface area contributed by atoms with Crippen molar-refractivity contribution in [2.75, 3.05) is 5.32 Å². The molecule has 1 heterocycles. The van der Waals surface area contributed by atoms with Gasteiger partial charge in [-0.3, -0.25) is 4.79 Å². The molecule has 4 rings (SSSR count). The molecule has 172 valence electrons. The first-order chi connectivity index (χ1) is 15.6. The summed E-state index contributed by atoms with van der Waals surface area (Å²) in [4.78, 5) is 13.7. The molecular weight excluding hydrogens is 547 g/mol. The number of anilines is 1. The molecule has 0 spiro atoms. The standard InChI is InChI=1S/C26H27IN2O3S/c1-16-13-17(2)19(4)25(18(16)3)33(31,32)29-15-21-8-6-5-7-20(21)14-24(29)26(30)28-23-11-9-22(27)10-12-23/h5-13,24H,14-15H2,1-4H3,(H,28,30)/t24-/m0/s1. The number of benzene rings is 3. The predicted octanol–water partition coefficient (Wildman–Crippen LogP) is 5.28. The van der Waals surface area contributed by atoms with E-state index in [4.69, 9.17) is 0 Å². The van der Waals surface area contributed by atoms with Gasteiger partial charge in [-0.25, -0.2) is 8.42 Å². The van der Waals surface area contributed by atoms with Gasteiger partial charge in [0.1, 0.15) is 6.04 Å².